The number of aromatic amines is 1. The van der Waals surface area contributed by atoms with E-state index in [1.807, 2.05) is 10.5 Å². The first-order valence-electron chi connectivity index (χ1n) is 9.49. The van der Waals surface area contributed by atoms with Gasteiger partial charge in [0.25, 0.3) is 11.5 Å². The lowest BCUT2D eigenvalue weighted by molar-refractivity contribution is 0.0937. The van der Waals surface area contributed by atoms with E-state index < -0.39 is 0 Å². The number of aromatic nitrogens is 3. The van der Waals surface area contributed by atoms with Crippen molar-refractivity contribution in [2.75, 3.05) is 20.3 Å². The number of methoxy groups -OCH3 is 1. The Morgan fingerprint density at radius 2 is 2.11 bits per heavy atom. The van der Waals surface area contributed by atoms with Crippen molar-refractivity contribution in [1.82, 2.24) is 19.7 Å². The minimum Gasteiger partial charge on any atom is -0.383 e. The fourth-order valence-electron chi connectivity index (χ4n) is 3.95. The third-order valence-electron chi connectivity index (χ3n) is 5.33. The molecule has 1 aliphatic carbocycles. The molecule has 2 heterocycles. The summed E-state index contributed by atoms with van der Waals surface area (Å²) in [4.78, 5) is 32.4. The van der Waals surface area contributed by atoms with Crippen molar-refractivity contribution in [1.29, 1.82) is 0 Å². The minimum absolute atomic E-state index is 0.158. The van der Waals surface area contributed by atoms with Crippen LogP contribution in [-0.2, 0) is 4.74 Å². The first-order valence-corrected chi connectivity index (χ1v) is 9.49. The molecule has 0 spiro atoms. The van der Waals surface area contributed by atoms with Crippen molar-refractivity contribution in [3.8, 4) is 0 Å². The van der Waals surface area contributed by atoms with Crippen LogP contribution in [-0.4, -0.2) is 40.5 Å². The molecule has 1 saturated carbocycles. The van der Waals surface area contributed by atoms with Crippen LogP contribution in [0.3, 0.4) is 0 Å². The number of rotatable bonds is 5. The molecule has 0 atom stereocenters. The molecule has 142 valence electrons. The highest BCUT2D eigenvalue weighted by Gasteiger charge is 2.22. The van der Waals surface area contributed by atoms with Gasteiger partial charge in [-0.25, -0.2) is 4.98 Å². The second kappa shape index (κ2) is 7.52. The minimum atomic E-state index is -0.160. The fourth-order valence-corrected chi connectivity index (χ4v) is 3.95. The molecule has 1 fully saturated rings. The first-order chi connectivity index (χ1) is 13.2. The summed E-state index contributed by atoms with van der Waals surface area (Å²) in [7, 11) is 1.60. The second-order valence-corrected chi connectivity index (χ2v) is 7.11. The molecule has 4 rings (SSSR count). The third kappa shape index (κ3) is 3.35. The number of carbonyl (C=O) groups is 1. The molecule has 7 nitrogen and oxygen atoms in total. The number of H-pyrrole nitrogens is 1. The molecular weight excluding hydrogens is 344 g/mol. The zero-order chi connectivity index (χ0) is 18.8. The Kier molecular flexibility index (Phi) is 4.94. The van der Waals surface area contributed by atoms with Gasteiger partial charge in [0.15, 0.2) is 0 Å². The molecule has 1 aliphatic rings. The Hall–Kier alpha value is -2.67. The molecule has 0 radical (unpaired) electrons. The number of nitrogens with zero attached hydrogens (tertiary/aromatic N) is 2. The lowest BCUT2D eigenvalue weighted by atomic mass is 9.88. The second-order valence-electron chi connectivity index (χ2n) is 7.11. The van der Waals surface area contributed by atoms with Crippen molar-refractivity contribution in [3.05, 3.63) is 46.1 Å². The van der Waals surface area contributed by atoms with E-state index in [2.05, 4.69) is 15.3 Å². The summed E-state index contributed by atoms with van der Waals surface area (Å²) in [5.41, 5.74) is 2.43. The van der Waals surface area contributed by atoms with Gasteiger partial charge >= 0.3 is 0 Å². The van der Waals surface area contributed by atoms with Crippen LogP contribution >= 0.6 is 0 Å². The Morgan fingerprint density at radius 3 is 2.89 bits per heavy atom. The molecule has 0 saturated heterocycles. The predicted octanol–water partition coefficient (Wildman–Crippen LogP) is 2.60. The Labute approximate surface area is 156 Å². The van der Waals surface area contributed by atoms with Crippen molar-refractivity contribution in [3.63, 3.8) is 0 Å². The third-order valence-corrected chi connectivity index (χ3v) is 5.33. The van der Waals surface area contributed by atoms with E-state index in [4.69, 9.17) is 4.74 Å². The largest absolute Gasteiger partial charge is 0.383 e. The smallest absolute Gasteiger partial charge is 0.274 e. The van der Waals surface area contributed by atoms with Gasteiger partial charge in [-0.05, 0) is 31.0 Å². The highest BCUT2D eigenvalue weighted by Crippen LogP contribution is 2.32. The summed E-state index contributed by atoms with van der Waals surface area (Å²) in [6.07, 6.45) is 7.46. The van der Waals surface area contributed by atoms with Crippen LogP contribution in [0.5, 0.6) is 0 Å². The number of ether oxygens (including phenoxy) is 1. The van der Waals surface area contributed by atoms with E-state index in [-0.39, 0.29) is 11.5 Å². The highest BCUT2D eigenvalue weighted by molar-refractivity contribution is 5.97. The Balaban J connectivity index is 1.82. The molecule has 1 amide bonds. The number of imidazole rings is 1. The van der Waals surface area contributed by atoms with Gasteiger partial charge < -0.3 is 15.0 Å². The molecule has 0 unspecified atom stereocenters. The molecule has 0 bridgehead atoms. The summed E-state index contributed by atoms with van der Waals surface area (Å²) < 4.78 is 6.92. The van der Waals surface area contributed by atoms with E-state index in [0.717, 1.165) is 24.2 Å². The predicted molar refractivity (Wildman–Crippen MR) is 103 cm³/mol. The quantitative estimate of drug-likeness (QED) is 0.678. The lowest BCUT2D eigenvalue weighted by Gasteiger charge is -2.21. The number of benzene rings is 1. The van der Waals surface area contributed by atoms with Crippen molar-refractivity contribution in [2.45, 2.75) is 38.0 Å². The van der Waals surface area contributed by atoms with Gasteiger partial charge in [0.2, 0.25) is 0 Å². The summed E-state index contributed by atoms with van der Waals surface area (Å²) in [5, 5.41) is 2.84. The number of fused-ring (bicyclic) bond motifs is 3. The molecule has 2 aromatic heterocycles. The SMILES string of the molecule is COCCNC(=O)c1ccc2[nH]c(=O)c3cnc(C4CCCCC4)n3c2c1. The number of carbonyl (C=O) groups excluding carboxylic acids is 1. The van der Waals surface area contributed by atoms with E-state index >= 15 is 0 Å². The number of hydrogen-bond acceptors (Lipinski definition) is 4. The number of amides is 1. The van der Waals surface area contributed by atoms with Gasteiger partial charge in [0, 0.05) is 25.1 Å². The molecule has 7 heteroatoms. The van der Waals surface area contributed by atoms with Crippen LogP contribution in [0.4, 0.5) is 0 Å². The van der Waals surface area contributed by atoms with Crippen LogP contribution in [0.25, 0.3) is 16.6 Å². The number of hydrogen-bond donors (Lipinski definition) is 2. The molecule has 27 heavy (non-hydrogen) atoms. The van der Waals surface area contributed by atoms with E-state index in [1.54, 1.807) is 25.4 Å². The summed E-state index contributed by atoms with van der Waals surface area (Å²) >= 11 is 0. The lowest BCUT2D eigenvalue weighted by Crippen LogP contribution is -2.27. The van der Waals surface area contributed by atoms with Crippen LogP contribution in [0.2, 0.25) is 0 Å². The monoisotopic (exact) mass is 368 g/mol. The fraction of sp³-hybridized carbons (Fsp3) is 0.450. The average Bonchev–Trinajstić information content (AvgIpc) is 3.15. The molecule has 1 aromatic carbocycles. The van der Waals surface area contributed by atoms with E-state index in [0.29, 0.717) is 35.7 Å². The van der Waals surface area contributed by atoms with Gasteiger partial charge in [-0.2, -0.15) is 0 Å². The topological polar surface area (TPSA) is 88.5 Å². The average molecular weight is 368 g/mol. The Bertz CT molecular complexity index is 1030. The molecule has 3 aromatic rings. The summed E-state index contributed by atoms with van der Waals surface area (Å²) in [6.45, 7) is 0.914. The normalized spacial score (nSPS) is 15.4. The van der Waals surface area contributed by atoms with E-state index in [1.165, 1.54) is 19.3 Å². The first kappa shape index (κ1) is 17.7. The summed E-state index contributed by atoms with van der Waals surface area (Å²) in [6, 6.07) is 5.34. The van der Waals surface area contributed by atoms with E-state index in [9.17, 15) is 9.59 Å². The molecular formula is C20H24N4O3. The standard InChI is InChI=1S/C20H24N4O3/c1-27-10-9-21-19(25)14-7-8-15-16(11-14)24-17(20(26)23-15)12-22-18(24)13-5-3-2-4-6-13/h7-8,11-13H,2-6,9-10H2,1H3,(H,21,25)(H,23,26). The van der Waals surface area contributed by atoms with Crippen molar-refractivity contribution < 1.29 is 9.53 Å². The van der Waals surface area contributed by atoms with Gasteiger partial charge in [0.05, 0.1) is 23.8 Å². The van der Waals surface area contributed by atoms with Gasteiger partial charge in [-0.3, -0.25) is 14.0 Å². The zero-order valence-electron chi connectivity index (χ0n) is 15.5. The van der Waals surface area contributed by atoms with Crippen molar-refractivity contribution in [2.24, 2.45) is 0 Å². The summed E-state index contributed by atoms with van der Waals surface area (Å²) in [5.74, 6) is 1.12. The molecule has 0 aliphatic heterocycles. The van der Waals surface area contributed by atoms with Crippen molar-refractivity contribution >= 4 is 22.5 Å². The maximum absolute atomic E-state index is 12.5. The van der Waals surface area contributed by atoms with Crippen LogP contribution in [0.15, 0.2) is 29.2 Å². The Morgan fingerprint density at radius 1 is 1.30 bits per heavy atom. The van der Waals surface area contributed by atoms with Crippen LogP contribution < -0.4 is 10.9 Å². The van der Waals surface area contributed by atoms with Gasteiger partial charge in [-0.15, -0.1) is 0 Å². The maximum atomic E-state index is 12.5. The zero-order valence-corrected chi connectivity index (χ0v) is 15.5. The van der Waals surface area contributed by atoms with Gasteiger partial charge in [-0.1, -0.05) is 19.3 Å². The molecule has 2 N–H and O–H groups in total. The highest BCUT2D eigenvalue weighted by atomic mass is 16.5. The van der Waals surface area contributed by atoms with Crippen LogP contribution in [0.1, 0.15) is 54.2 Å². The van der Waals surface area contributed by atoms with Gasteiger partial charge in [0.1, 0.15) is 11.3 Å². The number of nitrogens with one attached hydrogen (secondary N) is 2. The van der Waals surface area contributed by atoms with Crippen LogP contribution in [0, 0.1) is 0 Å². The maximum Gasteiger partial charge on any atom is 0.274 e.